The highest BCUT2D eigenvalue weighted by atomic mass is 16.2. The normalized spacial score (nSPS) is 18.3. The van der Waals surface area contributed by atoms with Crippen LogP contribution in [0.2, 0.25) is 0 Å². The van der Waals surface area contributed by atoms with E-state index in [1.54, 1.807) is 24.3 Å². The Morgan fingerprint density at radius 3 is 2.74 bits per heavy atom. The Morgan fingerprint density at radius 2 is 2.00 bits per heavy atom. The van der Waals surface area contributed by atoms with Crippen molar-refractivity contribution in [1.82, 2.24) is 14.0 Å². The number of para-hydroxylation sites is 1. The van der Waals surface area contributed by atoms with Gasteiger partial charge in [-0.05, 0) is 30.9 Å². The second-order valence-electron chi connectivity index (χ2n) is 6.34. The van der Waals surface area contributed by atoms with Crippen molar-refractivity contribution in [2.45, 2.75) is 26.3 Å². The molecule has 0 saturated carbocycles. The van der Waals surface area contributed by atoms with E-state index in [1.807, 2.05) is 4.90 Å². The molecule has 6 nitrogen and oxygen atoms in total. The summed E-state index contributed by atoms with van der Waals surface area (Å²) in [7, 11) is 1.45. The van der Waals surface area contributed by atoms with Gasteiger partial charge in [0.2, 0.25) is 5.91 Å². The molecule has 0 aliphatic carbocycles. The molecule has 3 rings (SSSR count). The van der Waals surface area contributed by atoms with Crippen LogP contribution in [0, 0.1) is 5.92 Å². The number of hydrogen-bond donors (Lipinski definition) is 0. The minimum Gasteiger partial charge on any atom is -0.341 e. The van der Waals surface area contributed by atoms with Crippen LogP contribution in [0.15, 0.2) is 33.9 Å². The summed E-state index contributed by atoms with van der Waals surface area (Å²) in [6, 6.07) is 6.92. The number of aromatic nitrogens is 2. The van der Waals surface area contributed by atoms with E-state index in [2.05, 4.69) is 6.92 Å². The van der Waals surface area contributed by atoms with Crippen LogP contribution in [-0.4, -0.2) is 33.0 Å². The monoisotopic (exact) mass is 315 g/mol. The summed E-state index contributed by atoms with van der Waals surface area (Å²) in [5, 5.41) is 0.453. The Morgan fingerprint density at radius 1 is 1.26 bits per heavy atom. The quantitative estimate of drug-likeness (QED) is 0.829. The maximum Gasteiger partial charge on any atom is 0.331 e. The Kier molecular flexibility index (Phi) is 4.07. The highest BCUT2D eigenvalue weighted by molar-refractivity contribution is 5.81. The molecule has 1 aromatic carbocycles. The maximum atomic E-state index is 12.6. The number of carbonyl (C=O) groups excluding carboxylic acids is 1. The first-order chi connectivity index (χ1) is 11.0. The van der Waals surface area contributed by atoms with Gasteiger partial charge < -0.3 is 4.90 Å². The van der Waals surface area contributed by atoms with E-state index in [1.165, 1.54) is 11.6 Å². The van der Waals surface area contributed by atoms with Crippen molar-refractivity contribution in [3.8, 4) is 0 Å². The lowest BCUT2D eigenvalue weighted by Gasteiger charge is -2.31. The standard InChI is InChI=1S/C17H21N3O3/c1-12-6-5-9-19(10-12)15(21)11-20-14-8-4-3-7-13(14)16(22)18(2)17(20)23/h3-4,7-8,12H,5-6,9-11H2,1-2H3/t12-/m1/s1. The van der Waals surface area contributed by atoms with Crippen molar-refractivity contribution in [3.05, 3.63) is 45.1 Å². The van der Waals surface area contributed by atoms with Crippen LogP contribution in [0.3, 0.4) is 0 Å². The third-order valence-corrected chi connectivity index (χ3v) is 4.55. The highest BCUT2D eigenvalue weighted by Gasteiger charge is 2.22. The fourth-order valence-electron chi connectivity index (χ4n) is 3.25. The summed E-state index contributed by atoms with van der Waals surface area (Å²) in [4.78, 5) is 39.0. The molecule has 23 heavy (non-hydrogen) atoms. The zero-order valence-electron chi connectivity index (χ0n) is 13.5. The van der Waals surface area contributed by atoms with Gasteiger partial charge in [-0.2, -0.15) is 0 Å². The first-order valence-electron chi connectivity index (χ1n) is 7.95. The molecule has 2 aromatic rings. The zero-order chi connectivity index (χ0) is 16.6. The molecule has 1 fully saturated rings. The average molecular weight is 315 g/mol. The highest BCUT2D eigenvalue weighted by Crippen LogP contribution is 2.16. The summed E-state index contributed by atoms with van der Waals surface area (Å²) in [5.41, 5.74) is -0.271. The van der Waals surface area contributed by atoms with Gasteiger partial charge in [0.15, 0.2) is 0 Å². The number of rotatable bonds is 2. The molecule has 122 valence electrons. The number of hydrogen-bond acceptors (Lipinski definition) is 3. The Hall–Kier alpha value is -2.37. The predicted molar refractivity (Wildman–Crippen MR) is 88.4 cm³/mol. The predicted octanol–water partition coefficient (Wildman–Crippen LogP) is 0.959. The van der Waals surface area contributed by atoms with Gasteiger partial charge in [0, 0.05) is 20.1 Å². The third kappa shape index (κ3) is 2.81. The van der Waals surface area contributed by atoms with Crippen molar-refractivity contribution in [3.63, 3.8) is 0 Å². The summed E-state index contributed by atoms with van der Waals surface area (Å²) >= 11 is 0. The van der Waals surface area contributed by atoms with Crippen LogP contribution in [0.4, 0.5) is 0 Å². The molecule has 2 heterocycles. The number of benzene rings is 1. The molecule has 1 atom stereocenters. The van der Waals surface area contributed by atoms with Gasteiger partial charge in [0.1, 0.15) is 6.54 Å². The summed E-state index contributed by atoms with van der Waals surface area (Å²) in [6.07, 6.45) is 2.13. The van der Waals surface area contributed by atoms with Crippen LogP contribution >= 0.6 is 0 Å². The molecule has 0 spiro atoms. The fraction of sp³-hybridized carbons (Fsp3) is 0.471. The molecule has 6 heteroatoms. The van der Waals surface area contributed by atoms with Crippen molar-refractivity contribution >= 4 is 16.8 Å². The molecule has 0 radical (unpaired) electrons. The smallest absolute Gasteiger partial charge is 0.331 e. The van der Waals surface area contributed by atoms with Gasteiger partial charge in [-0.3, -0.25) is 18.7 Å². The number of piperidine rings is 1. The van der Waals surface area contributed by atoms with Crippen LogP contribution in [0.5, 0.6) is 0 Å². The van der Waals surface area contributed by atoms with Gasteiger partial charge in [-0.1, -0.05) is 19.1 Å². The number of likely N-dealkylation sites (tertiary alicyclic amines) is 1. The van der Waals surface area contributed by atoms with Gasteiger partial charge in [-0.25, -0.2) is 4.79 Å². The largest absolute Gasteiger partial charge is 0.341 e. The topological polar surface area (TPSA) is 64.3 Å². The molecular formula is C17H21N3O3. The number of fused-ring (bicyclic) bond motifs is 1. The minimum absolute atomic E-state index is 0.0276. The van der Waals surface area contributed by atoms with Crippen LogP contribution in [-0.2, 0) is 18.4 Å². The van der Waals surface area contributed by atoms with E-state index in [-0.39, 0.29) is 18.0 Å². The number of amides is 1. The molecular weight excluding hydrogens is 294 g/mol. The second kappa shape index (κ2) is 6.02. The number of nitrogens with zero attached hydrogens (tertiary/aromatic N) is 3. The maximum absolute atomic E-state index is 12.6. The molecule has 0 N–H and O–H groups in total. The second-order valence-corrected chi connectivity index (χ2v) is 6.34. The first-order valence-corrected chi connectivity index (χ1v) is 7.95. The lowest BCUT2D eigenvalue weighted by Crippen LogP contribution is -2.44. The zero-order valence-corrected chi connectivity index (χ0v) is 13.5. The molecule has 0 bridgehead atoms. The summed E-state index contributed by atoms with van der Waals surface area (Å²) in [6.45, 7) is 3.58. The molecule has 1 aliphatic rings. The van der Waals surface area contributed by atoms with E-state index in [0.29, 0.717) is 16.8 Å². The van der Waals surface area contributed by atoms with Crippen LogP contribution in [0.1, 0.15) is 19.8 Å². The molecule has 1 amide bonds. The van der Waals surface area contributed by atoms with Crippen LogP contribution in [0.25, 0.3) is 10.9 Å². The Bertz CT molecular complexity index is 865. The van der Waals surface area contributed by atoms with Gasteiger partial charge >= 0.3 is 5.69 Å². The molecule has 1 aliphatic heterocycles. The van der Waals surface area contributed by atoms with Crippen molar-refractivity contribution in [2.24, 2.45) is 13.0 Å². The van der Waals surface area contributed by atoms with E-state index < -0.39 is 5.69 Å². The Labute approximate surface area is 133 Å². The third-order valence-electron chi connectivity index (χ3n) is 4.55. The van der Waals surface area contributed by atoms with Crippen molar-refractivity contribution in [2.75, 3.05) is 13.1 Å². The SMILES string of the molecule is C[C@@H]1CCCN(C(=O)Cn2c(=O)n(C)c(=O)c3ccccc32)C1. The lowest BCUT2D eigenvalue weighted by atomic mass is 10.0. The van der Waals surface area contributed by atoms with Crippen molar-refractivity contribution in [1.29, 1.82) is 0 Å². The first kappa shape index (κ1) is 15.5. The van der Waals surface area contributed by atoms with Crippen molar-refractivity contribution < 1.29 is 4.79 Å². The Balaban J connectivity index is 2.01. The average Bonchev–Trinajstić information content (AvgIpc) is 2.56. The van der Waals surface area contributed by atoms with E-state index >= 15 is 0 Å². The van der Waals surface area contributed by atoms with E-state index in [4.69, 9.17) is 0 Å². The molecule has 1 aromatic heterocycles. The fourth-order valence-corrected chi connectivity index (χ4v) is 3.25. The van der Waals surface area contributed by atoms with Gasteiger partial charge in [0.05, 0.1) is 10.9 Å². The lowest BCUT2D eigenvalue weighted by molar-refractivity contribution is -0.133. The minimum atomic E-state index is -0.452. The molecule has 1 saturated heterocycles. The van der Waals surface area contributed by atoms with Gasteiger partial charge in [0.25, 0.3) is 5.56 Å². The summed E-state index contributed by atoms with van der Waals surface area (Å²) < 4.78 is 2.47. The molecule has 0 unspecified atom stereocenters. The van der Waals surface area contributed by atoms with E-state index in [0.717, 1.165) is 30.5 Å². The number of carbonyl (C=O) groups is 1. The van der Waals surface area contributed by atoms with E-state index in [9.17, 15) is 14.4 Å². The summed E-state index contributed by atoms with van der Waals surface area (Å²) in [5.74, 6) is 0.420. The van der Waals surface area contributed by atoms with Crippen LogP contribution < -0.4 is 11.2 Å². The van der Waals surface area contributed by atoms with Gasteiger partial charge in [-0.15, -0.1) is 0 Å².